The fourth-order valence-electron chi connectivity index (χ4n) is 2.58. The number of carbonyl (C=O) groups excluding carboxylic acids is 1. The van der Waals surface area contributed by atoms with Crippen molar-refractivity contribution < 1.29 is 14.3 Å². The van der Waals surface area contributed by atoms with E-state index in [1.807, 2.05) is 0 Å². The monoisotopic (exact) mass is 225 g/mol. The van der Waals surface area contributed by atoms with Gasteiger partial charge in [-0.2, -0.15) is 5.26 Å². The van der Waals surface area contributed by atoms with E-state index < -0.39 is 6.10 Å². The summed E-state index contributed by atoms with van der Waals surface area (Å²) in [7, 11) is 1.51. The first kappa shape index (κ1) is 13.0. The third-order valence-corrected chi connectivity index (χ3v) is 3.32. The first-order valence-corrected chi connectivity index (χ1v) is 5.76. The molecule has 0 radical (unpaired) electrons. The minimum absolute atomic E-state index is 0.324. The summed E-state index contributed by atoms with van der Waals surface area (Å²) in [6.07, 6.45) is 3.64. The number of ether oxygens (including phenoxy) is 2. The van der Waals surface area contributed by atoms with Gasteiger partial charge < -0.3 is 9.47 Å². The zero-order chi connectivity index (χ0) is 12.0. The summed E-state index contributed by atoms with van der Waals surface area (Å²) in [6.45, 7) is 2.12. The SMILES string of the molecule is CCOC(=O)C(OC)C1(CC#N)CCCC1. The fraction of sp³-hybridized carbons (Fsp3) is 0.833. The molecule has 90 valence electrons. The summed E-state index contributed by atoms with van der Waals surface area (Å²) < 4.78 is 10.3. The van der Waals surface area contributed by atoms with Crippen molar-refractivity contribution in [2.75, 3.05) is 13.7 Å². The highest BCUT2D eigenvalue weighted by Gasteiger charge is 2.46. The van der Waals surface area contributed by atoms with Crippen LogP contribution in [0, 0.1) is 16.7 Å². The van der Waals surface area contributed by atoms with Crippen LogP contribution >= 0.6 is 0 Å². The second kappa shape index (κ2) is 5.86. The van der Waals surface area contributed by atoms with Crippen LogP contribution in [0.2, 0.25) is 0 Å². The largest absolute Gasteiger partial charge is 0.464 e. The Morgan fingerprint density at radius 1 is 1.50 bits per heavy atom. The van der Waals surface area contributed by atoms with E-state index in [0.717, 1.165) is 25.7 Å². The first-order valence-electron chi connectivity index (χ1n) is 5.76. The number of rotatable bonds is 5. The molecule has 0 aromatic carbocycles. The van der Waals surface area contributed by atoms with Gasteiger partial charge in [0.25, 0.3) is 0 Å². The van der Waals surface area contributed by atoms with Crippen molar-refractivity contribution in [1.29, 1.82) is 5.26 Å². The van der Waals surface area contributed by atoms with E-state index in [0.29, 0.717) is 13.0 Å². The van der Waals surface area contributed by atoms with Crippen LogP contribution in [0.5, 0.6) is 0 Å². The zero-order valence-corrected chi connectivity index (χ0v) is 9.99. The maximum Gasteiger partial charge on any atom is 0.335 e. The quantitative estimate of drug-likeness (QED) is 0.672. The molecule has 0 N–H and O–H groups in total. The van der Waals surface area contributed by atoms with E-state index in [1.165, 1.54) is 7.11 Å². The van der Waals surface area contributed by atoms with Gasteiger partial charge in [-0.3, -0.25) is 0 Å². The lowest BCUT2D eigenvalue weighted by Gasteiger charge is -2.32. The van der Waals surface area contributed by atoms with E-state index in [-0.39, 0.29) is 11.4 Å². The number of hydrogen-bond acceptors (Lipinski definition) is 4. The van der Waals surface area contributed by atoms with Crippen molar-refractivity contribution in [1.82, 2.24) is 0 Å². The Kier molecular flexibility index (Phi) is 4.75. The fourth-order valence-corrected chi connectivity index (χ4v) is 2.58. The minimum Gasteiger partial charge on any atom is -0.464 e. The van der Waals surface area contributed by atoms with Gasteiger partial charge in [0.2, 0.25) is 0 Å². The molecule has 1 unspecified atom stereocenters. The van der Waals surface area contributed by atoms with Gasteiger partial charge in [0.05, 0.1) is 12.7 Å². The molecule has 4 nitrogen and oxygen atoms in total. The summed E-state index contributed by atoms with van der Waals surface area (Å²) in [5.74, 6) is -0.331. The van der Waals surface area contributed by atoms with Crippen LogP contribution in [0.15, 0.2) is 0 Å². The van der Waals surface area contributed by atoms with Gasteiger partial charge in [0.1, 0.15) is 0 Å². The van der Waals surface area contributed by atoms with Gasteiger partial charge in [-0.1, -0.05) is 12.8 Å². The third kappa shape index (κ3) is 2.53. The summed E-state index contributed by atoms with van der Waals surface area (Å²) >= 11 is 0. The molecular weight excluding hydrogens is 206 g/mol. The van der Waals surface area contributed by atoms with Gasteiger partial charge in [-0.15, -0.1) is 0 Å². The van der Waals surface area contributed by atoms with Crippen LogP contribution < -0.4 is 0 Å². The van der Waals surface area contributed by atoms with Crippen LogP contribution in [0.4, 0.5) is 0 Å². The molecular formula is C12H19NO3. The van der Waals surface area contributed by atoms with Crippen LogP contribution in [0.1, 0.15) is 39.0 Å². The lowest BCUT2D eigenvalue weighted by molar-refractivity contribution is -0.163. The highest BCUT2D eigenvalue weighted by Crippen LogP contribution is 2.45. The predicted molar refractivity (Wildman–Crippen MR) is 58.6 cm³/mol. The highest BCUT2D eigenvalue weighted by atomic mass is 16.6. The average Bonchev–Trinajstić information content (AvgIpc) is 2.69. The Morgan fingerprint density at radius 2 is 2.12 bits per heavy atom. The minimum atomic E-state index is -0.588. The number of nitrogens with zero attached hydrogens (tertiary/aromatic N) is 1. The molecule has 0 aliphatic heterocycles. The van der Waals surface area contributed by atoms with Crippen molar-refractivity contribution in [3.8, 4) is 6.07 Å². The molecule has 1 aliphatic rings. The smallest absolute Gasteiger partial charge is 0.335 e. The van der Waals surface area contributed by atoms with Gasteiger partial charge >= 0.3 is 5.97 Å². The summed E-state index contributed by atoms with van der Waals surface area (Å²) in [5, 5.41) is 8.89. The van der Waals surface area contributed by atoms with Crippen LogP contribution in [0.25, 0.3) is 0 Å². The van der Waals surface area contributed by atoms with Crippen LogP contribution in [-0.2, 0) is 14.3 Å². The molecule has 1 aliphatic carbocycles. The van der Waals surface area contributed by atoms with Crippen LogP contribution in [-0.4, -0.2) is 25.8 Å². The molecule has 0 spiro atoms. The van der Waals surface area contributed by atoms with Crippen molar-refractivity contribution >= 4 is 5.97 Å². The number of hydrogen-bond donors (Lipinski definition) is 0. The topological polar surface area (TPSA) is 59.3 Å². The Morgan fingerprint density at radius 3 is 2.56 bits per heavy atom. The van der Waals surface area contributed by atoms with E-state index in [2.05, 4.69) is 6.07 Å². The average molecular weight is 225 g/mol. The van der Waals surface area contributed by atoms with Crippen molar-refractivity contribution in [3.63, 3.8) is 0 Å². The molecule has 1 rings (SSSR count). The van der Waals surface area contributed by atoms with Gasteiger partial charge in [0, 0.05) is 18.9 Å². The Labute approximate surface area is 96.5 Å². The second-order valence-corrected chi connectivity index (χ2v) is 4.27. The maximum absolute atomic E-state index is 11.8. The number of esters is 1. The summed E-state index contributed by atoms with van der Waals surface area (Å²) in [6, 6.07) is 2.17. The number of nitriles is 1. The summed E-state index contributed by atoms with van der Waals surface area (Å²) in [4.78, 5) is 11.8. The number of carbonyl (C=O) groups is 1. The zero-order valence-electron chi connectivity index (χ0n) is 9.99. The normalized spacial score (nSPS) is 20.1. The second-order valence-electron chi connectivity index (χ2n) is 4.27. The molecule has 0 aromatic heterocycles. The Balaban J connectivity index is 2.82. The molecule has 4 heteroatoms. The van der Waals surface area contributed by atoms with E-state index in [4.69, 9.17) is 14.7 Å². The molecule has 0 bridgehead atoms. The molecule has 0 amide bonds. The van der Waals surface area contributed by atoms with E-state index in [1.54, 1.807) is 6.92 Å². The van der Waals surface area contributed by atoms with Crippen molar-refractivity contribution in [2.45, 2.75) is 45.1 Å². The highest BCUT2D eigenvalue weighted by molar-refractivity contribution is 5.76. The molecule has 0 heterocycles. The molecule has 16 heavy (non-hydrogen) atoms. The lowest BCUT2D eigenvalue weighted by atomic mass is 9.77. The first-order chi connectivity index (χ1) is 7.70. The van der Waals surface area contributed by atoms with Gasteiger partial charge in [-0.25, -0.2) is 4.79 Å². The summed E-state index contributed by atoms with van der Waals surface area (Å²) in [5.41, 5.74) is -0.324. The molecule has 1 fully saturated rings. The van der Waals surface area contributed by atoms with Crippen LogP contribution in [0.3, 0.4) is 0 Å². The standard InChI is InChI=1S/C12H19NO3/c1-3-16-11(14)10(15-2)12(8-9-13)6-4-5-7-12/h10H,3-8H2,1-2H3. The van der Waals surface area contributed by atoms with E-state index in [9.17, 15) is 4.79 Å². The molecule has 1 saturated carbocycles. The molecule has 0 saturated heterocycles. The lowest BCUT2D eigenvalue weighted by Crippen LogP contribution is -2.41. The van der Waals surface area contributed by atoms with Crippen molar-refractivity contribution in [3.05, 3.63) is 0 Å². The van der Waals surface area contributed by atoms with Crippen molar-refractivity contribution in [2.24, 2.45) is 5.41 Å². The molecule has 1 atom stereocenters. The number of methoxy groups -OCH3 is 1. The predicted octanol–water partition coefficient (Wildman–Crippen LogP) is 2.04. The van der Waals surface area contributed by atoms with Gasteiger partial charge in [-0.05, 0) is 19.8 Å². The van der Waals surface area contributed by atoms with Gasteiger partial charge in [0.15, 0.2) is 6.10 Å². The van der Waals surface area contributed by atoms with E-state index >= 15 is 0 Å². The molecule has 0 aromatic rings. The third-order valence-electron chi connectivity index (χ3n) is 3.32. The Bertz CT molecular complexity index is 276. The Hall–Kier alpha value is -1.08. The maximum atomic E-state index is 11.8.